The molecule has 2 atom stereocenters. The molecule has 1 heterocycles. The van der Waals surface area contributed by atoms with Gasteiger partial charge in [-0.3, -0.25) is 4.79 Å². The van der Waals surface area contributed by atoms with Gasteiger partial charge in [-0.2, -0.15) is 5.10 Å². The van der Waals surface area contributed by atoms with Crippen molar-refractivity contribution in [3.8, 4) is 11.4 Å². The SMILES string of the molecule is COC(C(N)=O)[C@@H](c1nc(-c2cc(Cl)ccc2F)nn1Cc1ccccc1)C(C)C. The van der Waals surface area contributed by atoms with Crippen molar-refractivity contribution in [1.82, 2.24) is 14.8 Å². The van der Waals surface area contributed by atoms with Crippen LogP contribution in [-0.4, -0.2) is 33.9 Å². The molecule has 2 N–H and O–H groups in total. The Morgan fingerprint density at radius 1 is 1.23 bits per heavy atom. The highest BCUT2D eigenvalue weighted by molar-refractivity contribution is 6.30. The first kappa shape index (κ1) is 21.9. The van der Waals surface area contributed by atoms with Crippen molar-refractivity contribution >= 4 is 17.5 Å². The quantitative estimate of drug-likeness (QED) is 0.585. The summed E-state index contributed by atoms with van der Waals surface area (Å²) in [7, 11) is 1.43. The average molecular weight is 431 g/mol. The molecule has 0 fully saturated rings. The Morgan fingerprint density at radius 3 is 2.53 bits per heavy atom. The number of aromatic nitrogens is 3. The molecule has 158 valence electrons. The second-order valence-electron chi connectivity index (χ2n) is 7.39. The van der Waals surface area contributed by atoms with Gasteiger partial charge in [-0.15, -0.1) is 0 Å². The van der Waals surface area contributed by atoms with Gasteiger partial charge in [-0.05, 0) is 29.7 Å². The highest BCUT2D eigenvalue weighted by atomic mass is 35.5. The molecular formula is C22H24ClFN4O2. The maximum absolute atomic E-state index is 14.5. The molecule has 0 bridgehead atoms. The van der Waals surface area contributed by atoms with Gasteiger partial charge in [0.1, 0.15) is 17.7 Å². The van der Waals surface area contributed by atoms with Gasteiger partial charge in [-0.1, -0.05) is 55.8 Å². The lowest BCUT2D eigenvalue weighted by Gasteiger charge is -2.26. The van der Waals surface area contributed by atoms with Gasteiger partial charge in [-0.25, -0.2) is 14.1 Å². The summed E-state index contributed by atoms with van der Waals surface area (Å²) in [6.07, 6.45) is -0.902. The second-order valence-corrected chi connectivity index (χ2v) is 7.83. The maximum atomic E-state index is 14.5. The van der Waals surface area contributed by atoms with E-state index in [2.05, 4.69) is 10.1 Å². The van der Waals surface area contributed by atoms with E-state index < -0.39 is 23.7 Å². The lowest BCUT2D eigenvalue weighted by Crippen LogP contribution is -2.39. The van der Waals surface area contributed by atoms with Gasteiger partial charge >= 0.3 is 0 Å². The number of halogens is 2. The van der Waals surface area contributed by atoms with Crippen LogP contribution in [0, 0.1) is 11.7 Å². The van der Waals surface area contributed by atoms with E-state index in [4.69, 9.17) is 22.1 Å². The molecule has 0 saturated heterocycles. The molecule has 0 aliphatic carbocycles. The third-order valence-electron chi connectivity index (χ3n) is 4.92. The van der Waals surface area contributed by atoms with Crippen LogP contribution >= 0.6 is 11.6 Å². The zero-order chi connectivity index (χ0) is 21.8. The smallest absolute Gasteiger partial charge is 0.247 e. The lowest BCUT2D eigenvalue weighted by molar-refractivity contribution is -0.130. The van der Waals surface area contributed by atoms with Crippen molar-refractivity contribution in [1.29, 1.82) is 0 Å². The van der Waals surface area contributed by atoms with E-state index in [0.717, 1.165) is 5.56 Å². The van der Waals surface area contributed by atoms with Gasteiger partial charge in [0.15, 0.2) is 5.82 Å². The van der Waals surface area contributed by atoms with Crippen molar-refractivity contribution in [3.05, 3.63) is 70.8 Å². The molecule has 1 unspecified atom stereocenters. The molecule has 0 radical (unpaired) electrons. The monoisotopic (exact) mass is 430 g/mol. The molecule has 0 aliphatic heterocycles. The number of hydrogen-bond donors (Lipinski definition) is 1. The largest absolute Gasteiger partial charge is 0.371 e. The Kier molecular flexibility index (Phi) is 6.84. The summed E-state index contributed by atoms with van der Waals surface area (Å²) in [4.78, 5) is 16.7. The molecule has 1 amide bonds. The third kappa shape index (κ3) is 4.68. The Hall–Kier alpha value is -2.77. The van der Waals surface area contributed by atoms with Crippen LogP contribution in [0.3, 0.4) is 0 Å². The van der Waals surface area contributed by atoms with Crippen LogP contribution in [0.5, 0.6) is 0 Å². The fourth-order valence-electron chi connectivity index (χ4n) is 3.48. The van der Waals surface area contributed by atoms with Gasteiger partial charge in [0, 0.05) is 12.1 Å². The summed E-state index contributed by atoms with van der Waals surface area (Å²) in [5.41, 5.74) is 6.76. The summed E-state index contributed by atoms with van der Waals surface area (Å²) in [5.74, 6) is -0.916. The van der Waals surface area contributed by atoms with E-state index in [1.807, 2.05) is 44.2 Å². The predicted molar refractivity (Wildman–Crippen MR) is 114 cm³/mol. The number of carbonyl (C=O) groups excluding carboxylic acids is 1. The minimum atomic E-state index is -0.902. The van der Waals surface area contributed by atoms with Gasteiger partial charge in [0.25, 0.3) is 0 Å². The first-order valence-corrected chi connectivity index (χ1v) is 9.95. The number of carbonyl (C=O) groups is 1. The topological polar surface area (TPSA) is 83.0 Å². The van der Waals surface area contributed by atoms with Crippen molar-refractivity contribution in [2.24, 2.45) is 11.7 Å². The van der Waals surface area contributed by atoms with Crippen molar-refractivity contribution in [2.75, 3.05) is 7.11 Å². The number of methoxy groups -OCH3 is 1. The summed E-state index contributed by atoms with van der Waals surface area (Å²) in [6, 6.07) is 13.9. The second kappa shape index (κ2) is 9.36. The fraction of sp³-hybridized carbons (Fsp3) is 0.318. The highest BCUT2D eigenvalue weighted by Crippen LogP contribution is 2.32. The number of primary amides is 1. The third-order valence-corrected chi connectivity index (χ3v) is 5.16. The van der Waals surface area contributed by atoms with Gasteiger partial charge in [0.2, 0.25) is 5.91 Å². The Bertz CT molecular complexity index is 1020. The van der Waals surface area contributed by atoms with Crippen LogP contribution in [0.25, 0.3) is 11.4 Å². The molecule has 2 aromatic carbocycles. The summed E-state index contributed by atoms with van der Waals surface area (Å²) < 4.78 is 21.6. The van der Waals surface area contributed by atoms with Crippen LogP contribution < -0.4 is 5.73 Å². The molecule has 3 rings (SSSR count). The summed E-state index contributed by atoms with van der Waals surface area (Å²) in [6.45, 7) is 4.28. The zero-order valence-electron chi connectivity index (χ0n) is 17.0. The van der Waals surface area contributed by atoms with Crippen molar-refractivity contribution in [3.63, 3.8) is 0 Å². The van der Waals surface area contributed by atoms with Crippen LogP contribution in [0.2, 0.25) is 5.02 Å². The number of hydrogen-bond acceptors (Lipinski definition) is 4. The molecule has 6 nitrogen and oxygen atoms in total. The number of nitrogens with zero attached hydrogens (tertiary/aromatic N) is 3. The average Bonchev–Trinajstić information content (AvgIpc) is 3.10. The number of nitrogens with two attached hydrogens (primary N) is 1. The van der Waals surface area contributed by atoms with Crippen LogP contribution in [-0.2, 0) is 16.1 Å². The lowest BCUT2D eigenvalue weighted by atomic mass is 9.88. The molecule has 1 aromatic heterocycles. The van der Waals surface area contributed by atoms with Crippen LogP contribution in [0.1, 0.15) is 31.2 Å². The van der Waals surface area contributed by atoms with Gasteiger partial charge < -0.3 is 10.5 Å². The highest BCUT2D eigenvalue weighted by Gasteiger charge is 2.35. The predicted octanol–water partition coefficient (Wildman–Crippen LogP) is 4.03. The molecular weight excluding hydrogens is 407 g/mol. The number of benzene rings is 2. The molecule has 8 heteroatoms. The molecule has 0 aliphatic rings. The minimum Gasteiger partial charge on any atom is -0.371 e. The van der Waals surface area contributed by atoms with E-state index in [0.29, 0.717) is 17.4 Å². The minimum absolute atomic E-state index is 0.0433. The van der Waals surface area contributed by atoms with E-state index in [-0.39, 0.29) is 17.3 Å². The van der Waals surface area contributed by atoms with Crippen molar-refractivity contribution in [2.45, 2.75) is 32.4 Å². The fourth-order valence-corrected chi connectivity index (χ4v) is 3.65. The molecule has 3 aromatic rings. The Balaban J connectivity index is 2.16. The van der Waals surface area contributed by atoms with E-state index in [1.54, 1.807) is 4.68 Å². The first-order valence-electron chi connectivity index (χ1n) is 9.58. The molecule has 0 spiro atoms. The standard InChI is InChI=1S/C22H24ClFN4O2/c1-13(2)18(19(30-3)20(25)29)22-26-21(16-11-15(23)9-10-17(16)24)27-28(22)12-14-7-5-4-6-8-14/h4-11,13,18-19H,12H2,1-3H3,(H2,25,29)/t18-,19?/m0/s1. The summed E-state index contributed by atoms with van der Waals surface area (Å²) >= 11 is 6.06. The normalized spacial score (nSPS) is 13.4. The number of ether oxygens (including phenoxy) is 1. The number of amides is 1. The Morgan fingerprint density at radius 2 is 1.93 bits per heavy atom. The molecule has 30 heavy (non-hydrogen) atoms. The van der Waals surface area contributed by atoms with Gasteiger partial charge in [0.05, 0.1) is 18.0 Å². The van der Waals surface area contributed by atoms with Crippen molar-refractivity contribution < 1.29 is 13.9 Å². The van der Waals surface area contributed by atoms with E-state index in [9.17, 15) is 9.18 Å². The Labute approximate surface area is 179 Å². The summed E-state index contributed by atoms with van der Waals surface area (Å²) in [5, 5.41) is 4.93. The van der Waals surface area contributed by atoms with Crippen LogP contribution in [0.4, 0.5) is 4.39 Å². The maximum Gasteiger partial charge on any atom is 0.247 e. The van der Waals surface area contributed by atoms with E-state index in [1.165, 1.54) is 25.3 Å². The molecule has 0 saturated carbocycles. The van der Waals surface area contributed by atoms with E-state index >= 15 is 0 Å². The zero-order valence-corrected chi connectivity index (χ0v) is 17.8. The number of rotatable bonds is 8. The first-order chi connectivity index (χ1) is 14.3. The van der Waals surface area contributed by atoms with Crippen LogP contribution in [0.15, 0.2) is 48.5 Å².